The number of anilines is 1. The minimum absolute atomic E-state index is 0.169. The molecule has 0 aliphatic heterocycles. The summed E-state index contributed by atoms with van der Waals surface area (Å²) in [4.78, 5) is 12.3. The van der Waals surface area contributed by atoms with E-state index in [9.17, 15) is 10.1 Å². The van der Waals surface area contributed by atoms with E-state index in [-0.39, 0.29) is 5.91 Å². The first-order chi connectivity index (χ1) is 9.16. The van der Waals surface area contributed by atoms with Gasteiger partial charge in [0.2, 0.25) is 5.91 Å². The molecule has 1 aromatic carbocycles. The Hall–Kier alpha value is -2.28. The molecule has 0 spiro atoms. The molecule has 2 aromatic rings. The van der Waals surface area contributed by atoms with Crippen LogP contribution in [0, 0.1) is 16.7 Å². The molecule has 0 atom stereocenters. The minimum Gasteiger partial charge on any atom is -0.348 e. The van der Waals surface area contributed by atoms with Gasteiger partial charge in [0, 0.05) is 24.1 Å². The third-order valence-electron chi connectivity index (χ3n) is 4.00. The highest BCUT2D eigenvalue weighted by Gasteiger charge is 2.44. The number of fused-ring (bicyclic) bond motifs is 1. The van der Waals surface area contributed by atoms with Crippen LogP contribution in [0.25, 0.3) is 10.9 Å². The molecule has 0 bridgehead atoms. The zero-order chi connectivity index (χ0) is 13.5. The lowest BCUT2D eigenvalue weighted by molar-refractivity contribution is -0.126. The summed E-state index contributed by atoms with van der Waals surface area (Å²) in [5.41, 5.74) is 1.04. The summed E-state index contributed by atoms with van der Waals surface area (Å²) in [6.45, 7) is 0. The van der Waals surface area contributed by atoms with E-state index >= 15 is 0 Å². The van der Waals surface area contributed by atoms with E-state index < -0.39 is 5.41 Å². The number of aromatic nitrogens is 1. The average Bonchev–Trinajstić information content (AvgIpc) is 2.66. The first kappa shape index (κ1) is 11.8. The van der Waals surface area contributed by atoms with Gasteiger partial charge in [-0.3, -0.25) is 4.79 Å². The molecule has 4 nitrogen and oxygen atoms in total. The van der Waals surface area contributed by atoms with Crippen LogP contribution in [0.1, 0.15) is 19.3 Å². The maximum Gasteiger partial charge on any atom is 0.244 e. The molecule has 1 aliphatic carbocycles. The highest BCUT2D eigenvalue weighted by molar-refractivity contribution is 6.05. The Balaban J connectivity index is 1.94. The van der Waals surface area contributed by atoms with Crippen molar-refractivity contribution in [3.63, 3.8) is 0 Å². The summed E-state index contributed by atoms with van der Waals surface area (Å²) >= 11 is 0. The van der Waals surface area contributed by atoms with Crippen molar-refractivity contribution in [1.29, 1.82) is 5.26 Å². The molecule has 4 heteroatoms. The second kappa shape index (κ2) is 4.13. The number of hydrogen-bond acceptors (Lipinski definition) is 2. The molecule has 0 unspecified atom stereocenters. The van der Waals surface area contributed by atoms with E-state index in [0.717, 1.165) is 23.0 Å². The maximum absolute atomic E-state index is 12.3. The van der Waals surface area contributed by atoms with Crippen LogP contribution in [-0.4, -0.2) is 10.5 Å². The van der Waals surface area contributed by atoms with E-state index in [1.165, 1.54) is 0 Å². The third kappa shape index (κ3) is 1.70. The number of rotatable bonds is 2. The topological polar surface area (TPSA) is 57.8 Å². The second-order valence-electron chi connectivity index (χ2n) is 5.17. The molecule has 96 valence electrons. The van der Waals surface area contributed by atoms with Gasteiger partial charge >= 0.3 is 0 Å². The van der Waals surface area contributed by atoms with Crippen molar-refractivity contribution in [1.82, 2.24) is 4.57 Å². The van der Waals surface area contributed by atoms with Crippen LogP contribution in [0.2, 0.25) is 0 Å². The standard InChI is InChI=1S/C15H15N3O/c1-18-9-12(11-5-2-3-6-13(11)18)17-14(19)15(10-16)7-4-8-15/h2-3,5-6,9H,4,7-8H2,1H3,(H,17,19). The summed E-state index contributed by atoms with van der Waals surface area (Å²) in [7, 11) is 1.95. The van der Waals surface area contributed by atoms with Crippen LogP contribution >= 0.6 is 0 Å². The van der Waals surface area contributed by atoms with Crippen LogP contribution in [-0.2, 0) is 11.8 Å². The quantitative estimate of drug-likeness (QED) is 0.894. The first-order valence-electron chi connectivity index (χ1n) is 6.43. The molecule has 1 N–H and O–H groups in total. The summed E-state index contributed by atoms with van der Waals surface area (Å²) in [6, 6.07) is 10.1. The predicted octanol–water partition coefficient (Wildman–Crippen LogP) is 2.81. The summed E-state index contributed by atoms with van der Waals surface area (Å²) in [6.07, 6.45) is 4.18. The smallest absolute Gasteiger partial charge is 0.244 e. The summed E-state index contributed by atoms with van der Waals surface area (Å²) in [5, 5.41) is 13.1. The lowest BCUT2D eigenvalue weighted by Gasteiger charge is -2.33. The summed E-state index contributed by atoms with van der Waals surface area (Å²) < 4.78 is 1.98. The van der Waals surface area contributed by atoms with Crippen LogP contribution in [0.15, 0.2) is 30.5 Å². The fraction of sp³-hybridized carbons (Fsp3) is 0.333. The Labute approximate surface area is 111 Å². The third-order valence-corrected chi connectivity index (χ3v) is 4.00. The summed E-state index contributed by atoms with van der Waals surface area (Å²) in [5.74, 6) is -0.169. The zero-order valence-corrected chi connectivity index (χ0v) is 10.8. The van der Waals surface area contributed by atoms with E-state index in [1.807, 2.05) is 42.1 Å². The van der Waals surface area contributed by atoms with Gasteiger partial charge in [0.05, 0.1) is 11.8 Å². The molecule has 1 aromatic heterocycles. The van der Waals surface area contributed by atoms with Gasteiger partial charge in [-0.15, -0.1) is 0 Å². The number of nitriles is 1. The molecule has 1 fully saturated rings. The van der Waals surface area contributed by atoms with Gasteiger partial charge < -0.3 is 9.88 Å². The van der Waals surface area contributed by atoms with Crippen molar-refractivity contribution in [2.75, 3.05) is 5.32 Å². The van der Waals surface area contributed by atoms with E-state index in [0.29, 0.717) is 12.8 Å². The van der Waals surface area contributed by atoms with Crippen molar-refractivity contribution in [2.24, 2.45) is 12.5 Å². The van der Waals surface area contributed by atoms with Gasteiger partial charge in [-0.1, -0.05) is 18.2 Å². The molecule has 0 radical (unpaired) electrons. The number of carbonyl (C=O) groups is 1. The molecule has 3 rings (SSSR count). The molecule has 1 saturated carbocycles. The molecule has 19 heavy (non-hydrogen) atoms. The highest BCUT2D eigenvalue weighted by Crippen LogP contribution is 2.41. The fourth-order valence-corrected chi connectivity index (χ4v) is 2.60. The van der Waals surface area contributed by atoms with E-state index in [2.05, 4.69) is 11.4 Å². The lowest BCUT2D eigenvalue weighted by atomic mass is 9.69. The largest absolute Gasteiger partial charge is 0.348 e. The highest BCUT2D eigenvalue weighted by atomic mass is 16.2. The van der Waals surface area contributed by atoms with Crippen LogP contribution < -0.4 is 5.32 Å². The fourth-order valence-electron chi connectivity index (χ4n) is 2.60. The Morgan fingerprint density at radius 2 is 2.16 bits per heavy atom. The number of aryl methyl sites for hydroxylation is 1. The predicted molar refractivity (Wildman–Crippen MR) is 73.4 cm³/mol. The lowest BCUT2D eigenvalue weighted by Crippen LogP contribution is -2.40. The molecule has 0 saturated heterocycles. The average molecular weight is 253 g/mol. The Kier molecular flexibility index (Phi) is 2.56. The number of nitrogens with one attached hydrogen (secondary N) is 1. The molecular formula is C15H15N3O. The number of para-hydroxylation sites is 1. The SMILES string of the molecule is Cn1cc(NC(=O)C2(C#N)CCC2)c2ccccc21. The normalized spacial score (nSPS) is 16.6. The number of nitrogens with zero attached hydrogens (tertiary/aromatic N) is 2. The van der Waals surface area contributed by atoms with Gasteiger partial charge in [0.25, 0.3) is 0 Å². The van der Waals surface area contributed by atoms with Crippen molar-refractivity contribution in [3.8, 4) is 6.07 Å². The maximum atomic E-state index is 12.3. The van der Waals surface area contributed by atoms with Gasteiger partial charge in [0.15, 0.2) is 0 Å². The van der Waals surface area contributed by atoms with Gasteiger partial charge in [-0.2, -0.15) is 5.26 Å². The Morgan fingerprint density at radius 1 is 1.42 bits per heavy atom. The molecular weight excluding hydrogens is 238 g/mol. The van der Waals surface area contributed by atoms with Crippen molar-refractivity contribution >= 4 is 22.5 Å². The Morgan fingerprint density at radius 3 is 2.79 bits per heavy atom. The van der Waals surface area contributed by atoms with Crippen LogP contribution in [0.5, 0.6) is 0 Å². The first-order valence-corrected chi connectivity index (χ1v) is 6.43. The van der Waals surface area contributed by atoms with Crippen LogP contribution in [0.3, 0.4) is 0 Å². The second-order valence-corrected chi connectivity index (χ2v) is 5.17. The van der Waals surface area contributed by atoms with E-state index in [4.69, 9.17) is 0 Å². The van der Waals surface area contributed by atoms with Crippen LogP contribution in [0.4, 0.5) is 5.69 Å². The van der Waals surface area contributed by atoms with Gasteiger partial charge in [-0.05, 0) is 25.3 Å². The Bertz CT molecular complexity index is 689. The van der Waals surface area contributed by atoms with Crippen molar-refractivity contribution < 1.29 is 4.79 Å². The number of amides is 1. The van der Waals surface area contributed by atoms with Gasteiger partial charge in [0.1, 0.15) is 5.41 Å². The number of benzene rings is 1. The van der Waals surface area contributed by atoms with Crippen molar-refractivity contribution in [2.45, 2.75) is 19.3 Å². The molecule has 1 aliphatic rings. The number of hydrogen-bond donors (Lipinski definition) is 1. The van der Waals surface area contributed by atoms with Gasteiger partial charge in [-0.25, -0.2) is 0 Å². The monoisotopic (exact) mass is 253 g/mol. The number of carbonyl (C=O) groups excluding carboxylic acids is 1. The zero-order valence-electron chi connectivity index (χ0n) is 10.8. The minimum atomic E-state index is -0.809. The molecule has 1 amide bonds. The molecule has 1 heterocycles. The van der Waals surface area contributed by atoms with Crippen molar-refractivity contribution in [3.05, 3.63) is 30.5 Å². The van der Waals surface area contributed by atoms with E-state index in [1.54, 1.807) is 0 Å².